The van der Waals surface area contributed by atoms with Crippen molar-refractivity contribution in [1.82, 2.24) is 9.88 Å². The predicted octanol–water partition coefficient (Wildman–Crippen LogP) is 3.43. The van der Waals surface area contributed by atoms with Crippen LogP contribution in [0.15, 0.2) is 5.38 Å². The van der Waals surface area contributed by atoms with E-state index >= 15 is 0 Å². The molecule has 0 amide bonds. The van der Waals surface area contributed by atoms with Crippen LogP contribution in [0.5, 0.6) is 0 Å². The summed E-state index contributed by atoms with van der Waals surface area (Å²) in [6.45, 7) is 3.54. The number of unbranched alkanes of at least 4 members (excludes halogenated alkanes) is 2. The zero-order valence-corrected chi connectivity index (χ0v) is 12.8. The second-order valence-electron chi connectivity index (χ2n) is 4.50. The quantitative estimate of drug-likeness (QED) is 0.559. The molecule has 0 radical (unpaired) electrons. The van der Waals surface area contributed by atoms with Crippen LogP contribution < -0.4 is 0 Å². The van der Waals surface area contributed by atoms with Crippen LogP contribution in [0.1, 0.15) is 49.4 Å². The first-order valence-corrected chi connectivity index (χ1v) is 7.95. The number of halogens is 1. The van der Waals surface area contributed by atoms with Gasteiger partial charge in [0.25, 0.3) is 0 Å². The summed E-state index contributed by atoms with van der Waals surface area (Å²) in [5.41, 5.74) is 0.976. The Bertz CT molecular complexity index is 333. The molecule has 1 unspecified atom stereocenters. The summed E-state index contributed by atoms with van der Waals surface area (Å²) in [5, 5.41) is 12.0. The lowest BCUT2D eigenvalue weighted by Gasteiger charge is -2.25. The minimum Gasteiger partial charge on any atom is -0.396 e. The van der Waals surface area contributed by atoms with Crippen LogP contribution in [0.4, 0.5) is 0 Å². The van der Waals surface area contributed by atoms with Crippen molar-refractivity contribution in [3.05, 3.63) is 16.1 Å². The highest BCUT2D eigenvalue weighted by atomic mass is 35.5. The van der Waals surface area contributed by atoms with E-state index in [0.717, 1.165) is 42.9 Å². The first kappa shape index (κ1) is 15.9. The van der Waals surface area contributed by atoms with Crippen molar-refractivity contribution < 1.29 is 5.11 Å². The second-order valence-corrected chi connectivity index (χ2v) is 5.66. The van der Waals surface area contributed by atoms with Crippen molar-refractivity contribution in [3.8, 4) is 0 Å². The van der Waals surface area contributed by atoms with Crippen molar-refractivity contribution in [2.24, 2.45) is 0 Å². The molecule has 0 spiro atoms. The molecule has 0 saturated heterocycles. The summed E-state index contributed by atoms with van der Waals surface area (Å²) in [4.78, 5) is 6.93. The molecule has 3 nitrogen and oxygen atoms in total. The molecule has 0 saturated carbocycles. The summed E-state index contributed by atoms with van der Waals surface area (Å²) < 4.78 is 0. The molecule has 1 atom stereocenters. The lowest BCUT2D eigenvalue weighted by Crippen LogP contribution is -2.25. The zero-order chi connectivity index (χ0) is 13.4. The molecule has 0 fully saturated rings. The zero-order valence-electron chi connectivity index (χ0n) is 11.2. The SMILES string of the molecule is CCC(c1nc(CCl)cs1)N(C)CCCCCO. The third kappa shape index (κ3) is 4.84. The lowest BCUT2D eigenvalue weighted by molar-refractivity contribution is 0.226. The number of thiazole rings is 1. The minimum absolute atomic E-state index is 0.298. The van der Waals surface area contributed by atoms with Crippen LogP contribution in [0.2, 0.25) is 0 Å². The summed E-state index contributed by atoms with van der Waals surface area (Å²) in [7, 11) is 2.15. The standard InChI is InChI=1S/C13H23ClN2OS/c1-3-12(13-15-11(9-14)10-18-13)16(2)7-5-4-6-8-17/h10,12,17H,3-9H2,1-2H3. The average Bonchev–Trinajstić information content (AvgIpc) is 2.84. The van der Waals surface area contributed by atoms with Gasteiger partial charge in [-0.05, 0) is 39.3 Å². The van der Waals surface area contributed by atoms with Crippen molar-refractivity contribution in [2.75, 3.05) is 20.2 Å². The molecule has 1 aromatic heterocycles. The maximum absolute atomic E-state index is 8.76. The average molecular weight is 291 g/mol. The number of aromatic nitrogens is 1. The van der Waals surface area contributed by atoms with E-state index in [0.29, 0.717) is 18.5 Å². The Hall–Kier alpha value is -0.160. The molecular formula is C13H23ClN2OS. The molecule has 0 aliphatic carbocycles. The number of hydrogen-bond donors (Lipinski definition) is 1. The summed E-state index contributed by atoms with van der Waals surface area (Å²) >= 11 is 7.49. The van der Waals surface area contributed by atoms with E-state index in [1.807, 2.05) is 5.38 Å². The smallest absolute Gasteiger partial charge is 0.110 e. The molecule has 0 aliphatic rings. The van der Waals surface area contributed by atoms with Crippen LogP contribution in [0.25, 0.3) is 0 Å². The van der Waals surface area contributed by atoms with E-state index in [-0.39, 0.29) is 0 Å². The van der Waals surface area contributed by atoms with Gasteiger partial charge in [0.1, 0.15) is 5.01 Å². The summed E-state index contributed by atoms with van der Waals surface area (Å²) in [6.07, 6.45) is 4.17. The molecule has 1 N–H and O–H groups in total. The highest BCUT2D eigenvalue weighted by Crippen LogP contribution is 2.26. The van der Waals surface area contributed by atoms with Crippen LogP contribution >= 0.6 is 22.9 Å². The van der Waals surface area contributed by atoms with Crippen LogP contribution in [0.3, 0.4) is 0 Å². The molecule has 104 valence electrons. The van der Waals surface area contributed by atoms with Gasteiger partial charge < -0.3 is 5.11 Å². The molecule has 1 aromatic rings. The van der Waals surface area contributed by atoms with Gasteiger partial charge in [-0.15, -0.1) is 22.9 Å². The normalized spacial score (nSPS) is 13.2. The fourth-order valence-corrected chi connectivity index (χ4v) is 3.31. The fourth-order valence-electron chi connectivity index (χ4n) is 2.02. The number of aliphatic hydroxyl groups excluding tert-OH is 1. The Labute approximate surface area is 119 Å². The van der Waals surface area contributed by atoms with Gasteiger partial charge in [-0.2, -0.15) is 0 Å². The minimum atomic E-state index is 0.298. The van der Waals surface area contributed by atoms with E-state index in [1.165, 1.54) is 0 Å². The molecule has 0 aromatic carbocycles. The Balaban J connectivity index is 2.48. The molecule has 0 aliphatic heterocycles. The highest BCUT2D eigenvalue weighted by molar-refractivity contribution is 7.09. The topological polar surface area (TPSA) is 36.4 Å². The third-order valence-electron chi connectivity index (χ3n) is 3.08. The van der Waals surface area contributed by atoms with E-state index in [2.05, 4.69) is 23.9 Å². The molecular weight excluding hydrogens is 268 g/mol. The van der Waals surface area contributed by atoms with Crippen molar-refractivity contribution in [2.45, 2.75) is 44.5 Å². The number of hydrogen-bond acceptors (Lipinski definition) is 4. The van der Waals surface area contributed by atoms with Crippen LogP contribution in [0, 0.1) is 0 Å². The van der Waals surface area contributed by atoms with Gasteiger partial charge in [-0.3, -0.25) is 4.90 Å². The molecule has 5 heteroatoms. The number of rotatable bonds is 9. The van der Waals surface area contributed by atoms with Crippen molar-refractivity contribution in [1.29, 1.82) is 0 Å². The van der Waals surface area contributed by atoms with Gasteiger partial charge in [0.15, 0.2) is 0 Å². The van der Waals surface area contributed by atoms with Gasteiger partial charge in [0.2, 0.25) is 0 Å². The Morgan fingerprint density at radius 3 is 2.78 bits per heavy atom. The van der Waals surface area contributed by atoms with E-state index < -0.39 is 0 Å². The Morgan fingerprint density at radius 1 is 1.44 bits per heavy atom. The number of nitrogens with zero attached hydrogens (tertiary/aromatic N) is 2. The van der Waals surface area contributed by atoms with Gasteiger partial charge >= 0.3 is 0 Å². The van der Waals surface area contributed by atoms with Crippen molar-refractivity contribution in [3.63, 3.8) is 0 Å². The molecule has 1 rings (SSSR count). The first-order valence-electron chi connectivity index (χ1n) is 6.54. The molecule has 18 heavy (non-hydrogen) atoms. The maximum atomic E-state index is 8.76. The maximum Gasteiger partial charge on any atom is 0.110 e. The van der Waals surface area contributed by atoms with Crippen LogP contribution in [-0.2, 0) is 5.88 Å². The monoisotopic (exact) mass is 290 g/mol. The van der Waals surface area contributed by atoms with Gasteiger partial charge in [0, 0.05) is 12.0 Å². The van der Waals surface area contributed by atoms with Gasteiger partial charge in [0.05, 0.1) is 17.6 Å². The predicted molar refractivity (Wildman–Crippen MR) is 78.3 cm³/mol. The largest absolute Gasteiger partial charge is 0.396 e. The van der Waals surface area contributed by atoms with Gasteiger partial charge in [-0.25, -0.2) is 4.98 Å². The van der Waals surface area contributed by atoms with E-state index in [1.54, 1.807) is 11.3 Å². The van der Waals surface area contributed by atoms with Gasteiger partial charge in [-0.1, -0.05) is 6.92 Å². The Morgan fingerprint density at radius 2 is 2.22 bits per heavy atom. The molecule has 1 heterocycles. The fraction of sp³-hybridized carbons (Fsp3) is 0.769. The van der Waals surface area contributed by atoms with Crippen LogP contribution in [-0.4, -0.2) is 35.2 Å². The summed E-state index contributed by atoms with van der Waals surface area (Å²) in [6, 6.07) is 0.390. The Kier molecular flexibility index (Phi) is 7.82. The van der Waals surface area contributed by atoms with Crippen molar-refractivity contribution >= 4 is 22.9 Å². The lowest BCUT2D eigenvalue weighted by atomic mass is 10.2. The molecule has 0 bridgehead atoms. The first-order chi connectivity index (χ1) is 8.72. The summed E-state index contributed by atoms with van der Waals surface area (Å²) in [5.74, 6) is 0.493. The highest BCUT2D eigenvalue weighted by Gasteiger charge is 2.18. The van der Waals surface area contributed by atoms with E-state index in [9.17, 15) is 0 Å². The number of aliphatic hydroxyl groups is 1. The second kappa shape index (κ2) is 8.86. The van der Waals surface area contributed by atoms with E-state index in [4.69, 9.17) is 16.7 Å². The number of alkyl halides is 1. The third-order valence-corrected chi connectivity index (χ3v) is 4.35.